The Morgan fingerprint density at radius 1 is 1.15 bits per heavy atom. The van der Waals surface area contributed by atoms with Crippen molar-refractivity contribution in [2.45, 2.75) is 51.6 Å². The normalized spacial score (nSPS) is 17.0. The third kappa shape index (κ3) is 5.39. The second-order valence-corrected chi connectivity index (χ2v) is 8.06. The topological polar surface area (TPSA) is 145 Å². The van der Waals surface area contributed by atoms with E-state index in [1.54, 1.807) is 32.0 Å². The number of nitrogens with zero attached hydrogens (tertiary/aromatic N) is 3. The van der Waals surface area contributed by atoms with E-state index in [9.17, 15) is 9.59 Å². The summed E-state index contributed by atoms with van der Waals surface area (Å²) in [5.41, 5.74) is 12.5. The van der Waals surface area contributed by atoms with Crippen LogP contribution < -0.4 is 21.7 Å². The number of hydrogen-bond donors (Lipinski definition) is 3. The van der Waals surface area contributed by atoms with E-state index in [1.807, 2.05) is 4.90 Å². The van der Waals surface area contributed by atoms with E-state index >= 15 is 0 Å². The van der Waals surface area contributed by atoms with Gasteiger partial charge in [0.2, 0.25) is 11.9 Å². The molecule has 0 saturated heterocycles. The van der Waals surface area contributed by atoms with Crippen molar-refractivity contribution in [2.75, 3.05) is 23.4 Å². The molecule has 0 unspecified atom stereocenters. The predicted octanol–water partition coefficient (Wildman–Crippen LogP) is 2.87. The molecule has 33 heavy (non-hydrogen) atoms. The molecule has 0 radical (unpaired) electrons. The molecule has 1 heterocycles. The van der Waals surface area contributed by atoms with Gasteiger partial charge in [-0.3, -0.25) is 4.90 Å². The summed E-state index contributed by atoms with van der Waals surface area (Å²) in [4.78, 5) is 35.3. The lowest BCUT2D eigenvalue weighted by Crippen LogP contribution is -2.58. The third-order valence-corrected chi connectivity index (χ3v) is 5.65. The molecule has 5 N–H and O–H groups in total. The number of ether oxygens (including phenoxy) is 2. The minimum absolute atomic E-state index is 0.116. The van der Waals surface area contributed by atoms with Crippen LogP contribution in [-0.2, 0) is 19.1 Å². The third-order valence-electron chi connectivity index (χ3n) is 5.41. The SMILES string of the molecule is CCOC(=O)C(=CNc1ccc(Cl)cc1N1C(N)=NC(N)=NC12CCCCC2)C(=O)OCC. The van der Waals surface area contributed by atoms with Crippen LogP contribution in [0.1, 0.15) is 46.0 Å². The first-order valence-electron chi connectivity index (χ1n) is 10.9. The van der Waals surface area contributed by atoms with Gasteiger partial charge in [-0.1, -0.05) is 18.0 Å². The lowest BCUT2D eigenvalue weighted by atomic mass is 9.87. The fourth-order valence-electron chi connectivity index (χ4n) is 4.05. The number of nitrogens with one attached hydrogen (secondary N) is 1. The van der Waals surface area contributed by atoms with Gasteiger partial charge < -0.3 is 26.3 Å². The number of guanidine groups is 2. The van der Waals surface area contributed by atoms with Gasteiger partial charge in [0, 0.05) is 11.2 Å². The van der Waals surface area contributed by atoms with Crippen molar-refractivity contribution in [1.82, 2.24) is 0 Å². The Kier molecular flexibility index (Phi) is 7.80. The summed E-state index contributed by atoms with van der Waals surface area (Å²) in [6, 6.07) is 5.12. The Hall–Kier alpha value is -3.27. The number of nitrogens with two attached hydrogens (primary N) is 2. The van der Waals surface area contributed by atoms with Crippen LogP contribution in [0.3, 0.4) is 0 Å². The molecule has 2 aliphatic rings. The Balaban J connectivity index is 2.04. The number of aliphatic imine (C=N–C) groups is 2. The average Bonchev–Trinajstić information content (AvgIpc) is 2.75. The van der Waals surface area contributed by atoms with Crippen molar-refractivity contribution in [3.63, 3.8) is 0 Å². The van der Waals surface area contributed by atoms with Crippen LogP contribution in [0.15, 0.2) is 40.0 Å². The molecule has 3 rings (SSSR count). The second kappa shape index (κ2) is 10.6. The highest BCUT2D eigenvalue weighted by atomic mass is 35.5. The number of carbonyl (C=O) groups is 2. The first-order chi connectivity index (χ1) is 15.8. The van der Waals surface area contributed by atoms with Crippen LogP contribution in [0, 0.1) is 0 Å². The monoisotopic (exact) mass is 476 g/mol. The van der Waals surface area contributed by atoms with Gasteiger partial charge in [0.15, 0.2) is 5.57 Å². The van der Waals surface area contributed by atoms with E-state index in [2.05, 4.69) is 15.3 Å². The van der Waals surface area contributed by atoms with Crippen molar-refractivity contribution < 1.29 is 19.1 Å². The second-order valence-electron chi connectivity index (χ2n) is 7.62. The van der Waals surface area contributed by atoms with E-state index in [0.717, 1.165) is 32.1 Å². The Morgan fingerprint density at radius 3 is 2.39 bits per heavy atom. The number of hydrogen-bond acceptors (Lipinski definition) is 10. The van der Waals surface area contributed by atoms with Crippen molar-refractivity contribution in [2.24, 2.45) is 21.5 Å². The number of esters is 2. The summed E-state index contributed by atoms with van der Waals surface area (Å²) >= 11 is 6.33. The van der Waals surface area contributed by atoms with Crippen molar-refractivity contribution in [3.8, 4) is 0 Å². The molecule has 1 aromatic rings. The average molecular weight is 477 g/mol. The molecule has 1 spiro atoms. The maximum absolute atomic E-state index is 12.3. The van der Waals surface area contributed by atoms with Gasteiger partial charge >= 0.3 is 11.9 Å². The van der Waals surface area contributed by atoms with Crippen LogP contribution in [-0.4, -0.2) is 42.7 Å². The zero-order valence-corrected chi connectivity index (χ0v) is 19.5. The quantitative estimate of drug-likeness (QED) is 0.236. The Morgan fingerprint density at radius 2 is 1.79 bits per heavy atom. The number of halogens is 1. The van der Waals surface area contributed by atoms with E-state index in [1.165, 1.54) is 6.20 Å². The van der Waals surface area contributed by atoms with Gasteiger partial charge in [0.25, 0.3) is 0 Å². The van der Waals surface area contributed by atoms with Crippen LogP contribution in [0.4, 0.5) is 11.4 Å². The van der Waals surface area contributed by atoms with E-state index < -0.39 is 17.6 Å². The van der Waals surface area contributed by atoms with E-state index in [-0.39, 0.29) is 30.7 Å². The van der Waals surface area contributed by atoms with Crippen LogP contribution in [0.25, 0.3) is 0 Å². The highest BCUT2D eigenvalue weighted by Gasteiger charge is 2.43. The summed E-state index contributed by atoms with van der Waals surface area (Å²) < 4.78 is 9.99. The first-order valence-corrected chi connectivity index (χ1v) is 11.3. The number of rotatable bonds is 7. The molecule has 178 valence electrons. The zero-order valence-electron chi connectivity index (χ0n) is 18.8. The van der Waals surface area contributed by atoms with Crippen molar-refractivity contribution in [1.29, 1.82) is 0 Å². The highest BCUT2D eigenvalue weighted by molar-refractivity contribution is 6.31. The summed E-state index contributed by atoms with van der Waals surface area (Å²) in [5, 5.41) is 3.49. The smallest absolute Gasteiger partial charge is 0.347 e. The molecule has 11 heteroatoms. The van der Waals surface area contributed by atoms with Crippen LogP contribution in [0.5, 0.6) is 0 Å². The minimum atomic E-state index is -0.792. The Bertz CT molecular complexity index is 981. The number of carbonyl (C=O) groups excluding carboxylic acids is 2. The molecular formula is C22H29ClN6O4. The maximum Gasteiger partial charge on any atom is 0.347 e. The number of anilines is 2. The molecule has 0 amide bonds. The van der Waals surface area contributed by atoms with Crippen LogP contribution in [0.2, 0.25) is 5.02 Å². The van der Waals surface area contributed by atoms with E-state index in [4.69, 9.17) is 32.5 Å². The lowest BCUT2D eigenvalue weighted by molar-refractivity contribution is -0.146. The zero-order chi connectivity index (χ0) is 24.0. The largest absolute Gasteiger partial charge is 0.462 e. The summed E-state index contributed by atoms with van der Waals surface area (Å²) in [6.07, 6.45) is 5.74. The lowest BCUT2D eigenvalue weighted by Gasteiger charge is -2.46. The van der Waals surface area contributed by atoms with Gasteiger partial charge in [0.1, 0.15) is 5.66 Å². The van der Waals surface area contributed by atoms with Crippen LogP contribution >= 0.6 is 11.6 Å². The highest BCUT2D eigenvalue weighted by Crippen LogP contribution is 2.42. The number of benzene rings is 1. The molecule has 1 aliphatic carbocycles. The summed E-state index contributed by atoms with van der Waals surface area (Å²) in [5.74, 6) is -1.26. The molecule has 1 saturated carbocycles. The minimum Gasteiger partial charge on any atom is -0.462 e. The van der Waals surface area contributed by atoms with Gasteiger partial charge in [-0.25, -0.2) is 14.6 Å². The standard InChI is InChI=1S/C22H29ClN6O4/c1-3-32-18(30)15(19(31)33-4-2)13-26-16-9-8-14(23)12-17(16)29-21(25)27-20(24)28-22(29)10-6-5-7-11-22/h8-9,12-13,26H,3-7,10-11H2,1-2H3,(H4,24,25,27,28). The molecule has 10 nitrogen and oxygen atoms in total. The molecule has 0 aromatic heterocycles. The van der Waals surface area contributed by atoms with Crippen molar-refractivity contribution >= 4 is 46.8 Å². The molecular weight excluding hydrogens is 448 g/mol. The van der Waals surface area contributed by atoms with Gasteiger partial charge in [0.05, 0.1) is 24.6 Å². The van der Waals surface area contributed by atoms with Gasteiger partial charge in [-0.2, -0.15) is 4.99 Å². The summed E-state index contributed by atoms with van der Waals surface area (Å²) in [7, 11) is 0. The van der Waals surface area contributed by atoms with Gasteiger partial charge in [-0.05, 0) is 57.7 Å². The molecule has 1 aromatic carbocycles. The summed E-state index contributed by atoms with van der Waals surface area (Å²) in [6.45, 7) is 3.54. The Labute approximate surface area is 197 Å². The van der Waals surface area contributed by atoms with Crippen molar-refractivity contribution in [3.05, 3.63) is 35.0 Å². The molecule has 0 bridgehead atoms. The molecule has 0 atom stereocenters. The molecule has 1 aliphatic heterocycles. The van der Waals surface area contributed by atoms with Gasteiger partial charge in [-0.15, -0.1) is 0 Å². The fraction of sp³-hybridized carbons (Fsp3) is 0.455. The first kappa shape index (κ1) is 24.4. The van der Waals surface area contributed by atoms with E-state index in [0.29, 0.717) is 16.4 Å². The fourth-order valence-corrected chi connectivity index (χ4v) is 4.22. The molecule has 1 fully saturated rings. The predicted molar refractivity (Wildman–Crippen MR) is 128 cm³/mol. The maximum atomic E-state index is 12.3.